The number of amides is 3. The fourth-order valence-corrected chi connectivity index (χ4v) is 3.55. The van der Waals surface area contributed by atoms with E-state index in [1.54, 1.807) is 4.90 Å². The van der Waals surface area contributed by atoms with E-state index in [0.29, 0.717) is 13.0 Å². The van der Waals surface area contributed by atoms with Gasteiger partial charge < -0.3 is 15.5 Å². The highest BCUT2D eigenvalue weighted by molar-refractivity contribution is 5.91. The maximum absolute atomic E-state index is 12.7. The smallest absolute Gasteiger partial charge is 0.243 e. The minimum Gasteiger partial charge on any atom is -0.352 e. The van der Waals surface area contributed by atoms with Crippen molar-refractivity contribution in [3.05, 3.63) is 0 Å². The average Bonchev–Trinajstić information content (AvgIpc) is 3.01. The molecule has 0 aromatic rings. The van der Waals surface area contributed by atoms with E-state index in [9.17, 15) is 14.4 Å². The molecule has 0 aromatic carbocycles. The first-order valence-corrected chi connectivity index (χ1v) is 8.86. The SMILES string of the molecule is CC(C)NC(=O)CNC(=O)C1CCCN1C(=O)C1CCCCC1. The molecule has 130 valence electrons. The molecule has 23 heavy (non-hydrogen) atoms. The lowest BCUT2D eigenvalue weighted by Crippen LogP contribution is -2.50. The number of carbonyl (C=O) groups is 3. The van der Waals surface area contributed by atoms with Crippen LogP contribution in [0.4, 0.5) is 0 Å². The van der Waals surface area contributed by atoms with Crippen molar-refractivity contribution in [1.29, 1.82) is 0 Å². The quantitative estimate of drug-likeness (QED) is 0.798. The molecular formula is C17H29N3O3. The third-order valence-electron chi connectivity index (χ3n) is 4.67. The molecule has 3 amide bonds. The van der Waals surface area contributed by atoms with Crippen LogP contribution in [0.15, 0.2) is 0 Å². The minimum atomic E-state index is -0.406. The number of nitrogens with one attached hydrogen (secondary N) is 2. The number of nitrogens with zero attached hydrogens (tertiary/aromatic N) is 1. The Labute approximate surface area is 138 Å². The minimum absolute atomic E-state index is 0.0288. The van der Waals surface area contributed by atoms with Crippen molar-refractivity contribution in [3.63, 3.8) is 0 Å². The highest BCUT2D eigenvalue weighted by Crippen LogP contribution is 2.28. The zero-order valence-corrected chi connectivity index (χ0v) is 14.3. The van der Waals surface area contributed by atoms with Crippen LogP contribution in [0.1, 0.15) is 58.8 Å². The molecule has 0 aromatic heterocycles. The first-order valence-electron chi connectivity index (χ1n) is 8.86. The predicted octanol–water partition coefficient (Wildman–Crippen LogP) is 1.20. The van der Waals surface area contributed by atoms with Crippen molar-refractivity contribution < 1.29 is 14.4 Å². The number of hydrogen-bond acceptors (Lipinski definition) is 3. The van der Waals surface area contributed by atoms with Crippen molar-refractivity contribution >= 4 is 17.7 Å². The fourth-order valence-electron chi connectivity index (χ4n) is 3.55. The maximum Gasteiger partial charge on any atom is 0.243 e. The van der Waals surface area contributed by atoms with Gasteiger partial charge in [0.1, 0.15) is 6.04 Å². The molecule has 1 saturated carbocycles. The summed E-state index contributed by atoms with van der Waals surface area (Å²) in [6.45, 7) is 4.38. The van der Waals surface area contributed by atoms with Crippen LogP contribution in [-0.2, 0) is 14.4 Å². The lowest BCUT2D eigenvalue weighted by Gasteiger charge is -2.30. The second-order valence-corrected chi connectivity index (χ2v) is 6.96. The van der Waals surface area contributed by atoms with Crippen LogP contribution < -0.4 is 10.6 Å². The normalized spacial score (nSPS) is 22.2. The average molecular weight is 323 g/mol. The van der Waals surface area contributed by atoms with Gasteiger partial charge in [0, 0.05) is 18.5 Å². The van der Waals surface area contributed by atoms with Gasteiger partial charge >= 0.3 is 0 Å². The summed E-state index contributed by atoms with van der Waals surface area (Å²) in [7, 11) is 0. The number of carbonyl (C=O) groups excluding carboxylic acids is 3. The first-order chi connectivity index (χ1) is 11.0. The Morgan fingerprint density at radius 1 is 1.04 bits per heavy atom. The van der Waals surface area contributed by atoms with Crippen molar-refractivity contribution in [3.8, 4) is 0 Å². The second-order valence-electron chi connectivity index (χ2n) is 6.96. The molecule has 6 heteroatoms. The summed E-state index contributed by atoms with van der Waals surface area (Å²) in [5.41, 5.74) is 0. The molecule has 1 atom stereocenters. The summed E-state index contributed by atoms with van der Waals surface area (Å²) in [6.07, 6.45) is 6.86. The van der Waals surface area contributed by atoms with Gasteiger partial charge in [-0.25, -0.2) is 0 Å². The molecule has 2 N–H and O–H groups in total. The molecule has 2 fully saturated rings. The van der Waals surface area contributed by atoms with E-state index in [4.69, 9.17) is 0 Å². The molecule has 0 bridgehead atoms. The zero-order valence-electron chi connectivity index (χ0n) is 14.3. The first kappa shape index (κ1) is 17.8. The van der Waals surface area contributed by atoms with Crippen LogP contribution >= 0.6 is 0 Å². The molecule has 2 rings (SSSR count). The van der Waals surface area contributed by atoms with Crippen LogP contribution in [0.2, 0.25) is 0 Å². The van der Waals surface area contributed by atoms with Crippen LogP contribution in [-0.4, -0.2) is 47.8 Å². The molecule has 1 aliphatic carbocycles. The standard InChI is InChI=1S/C17H29N3O3/c1-12(2)19-15(21)11-18-16(22)14-9-6-10-20(14)17(23)13-7-4-3-5-8-13/h12-14H,3-11H2,1-2H3,(H,18,22)(H,19,21). The lowest BCUT2D eigenvalue weighted by molar-refractivity contribution is -0.142. The van der Waals surface area contributed by atoms with E-state index >= 15 is 0 Å². The molecule has 1 aliphatic heterocycles. The van der Waals surface area contributed by atoms with Crippen LogP contribution in [0.3, 0.4) is 0 Å². The van der Waals surface area contributed by atoms with E-state index < -0.39 is 6.04 Å². The Bertz CT molecular complexity index is 444. The van der Waals surface area contributed by atoms with Gasteiger partial charge in [-0.05, 0) is 39.5 Å². The van der Waals surface area contributed by atoms with Gasteiger partial charge in [0.25, 0.3) is 0 Å². The molecular weight excluding hydrogens is 294 g/mol. The number of rotatable bonds is 5. The Morgan fingerprint density at radius 2 is 1.74 bits per heavy atom. The highest BCUT2D eigenvalue weighted by atomic mass is 16.2. The van der Waals surface area contributed by atoms with E-state index in [1.165, 1.54) is 6.42 Å². The summed E-state index contributed by atoms with van der Waals surface area (Å²) < 4.78 is 0. The zero-order chi connectivity index (χ0) is 16.8. The summed E-state index contributed by atoms with van der Waals surface area (Å²) in [5.74, 6) is -0.183. The third-order valence-corrected chi connectivity index (χ3v) is 4.67. The predicted molar refractivity (Wildman–Crippen MR) is 87.6 cm³/mol. The summed E-state index contributed by atoms with van der Waals surface area (Å²) in [6, 6.07) is -0.355. The van der Waals surface area contributed by atoms with E-state index in [2.05, 4.69) is 10.6 Å². The molecule has 0 spiro atoms. The van der Waals surface area contributed by atoms with E-state index in [-0.39, 0.29) is 36.2 Å². The van der Waals surface area contributed by atoms with Gasteiger partial charge in [0.2, 0.25) is 17.7 Å². The fraction of sp³-hybridized carbons (Fsp3) is 0.824. The molecule has 1 saturated heterocycles. The molecule has 1 unspecified atom stereocenters. The molecule has 6 nitrogen and oxygen atoms in total. The van der Waals surface area contributed by atoms with Crippen molar-refractivity contribution in [1.82, 2.24) is 15.5 Å². The van der Waals surface area contributed by atoms with E-state index in [0.717, 1.165) is 32.1 Å². The van der Waals surface area contributed by atoms with Crippen LogP contribution in [0.25, 0.3) is 0 Å². The second kappa shape index (κ2) is 8.31. The Hall–Kier alpha value is -1.59. The van der Waals surface area contributed by atoms with Gasteiger partial charge in [-0.15, -0.1) is 0 Å². The molecule has 2 aliphatic rings. The number of likely N-dealkylation sites (tertiary alicyclic amines) is 1. The highest BCUT2D eigenvalue weighted by Gasteiger charge is 2.37. The van der Waals surface area contributed by atoms with Gasteiger partial charge in [-0.2, -0.15) is 0 Å². The van der Waals surface area contributed by atoms with Crippen LogP contribution in [0, 0.1) is 5.92 Å². The van der Waals surface area contributed by atoms with Gasteiger partial charge in [-0.3, -0.25) is 14.4 Å². The summed E-state index contributed by atoms with van der Waals surface area (Å²) in [5, 5.41) is 5.41. The third kappa shape index (κ3) is 4.94. The number of hydrogen-bond donors (Lipinski definition) is 2. The molecule has 0 radical (unpaired) electrons. The van der Waals surface area contributed by atoms with Gasteiger partial charge in [0.05, 0.1) is 6.54 Å². The van der Waals surface area contributed by atoms with Gasteiger partial charge in [0.15, 0.2) is 0 Å². The van der Waals surface area contributed by atoms with Crippen LogP contribution in [0.5, 0.6) is 0 Å². The van der Waals surface area contributed by atoms with Crippen molar-refractivity contribution in [2.45, 2.75) is 70.9 Å². The van der Waals surface area contributed by atoms with Gasteiger partial charge in [-0.1, -0.05) is 19.3 Å². The summed E-state index contributed by atoms with van der Waals surface area (Å²) >= 11 is 0. The lowest BCUT2D eigenvalue weighted by atomic mass is 9.88. The Morgan fingerprint density at radius 3 is 2.39 bits per heavy atom. The Balaban J connectivity index is 1.86. The Kier molecular flexibility index (Phi) is 6.42. The molecule has 1 heterocycles. The van der Waals surface area contributed by atoms with Crippen molar-refractivity contribution in [2.75, 3.05) is 13.1 Å². The topological polar surface area (TPSA) is 78.5 Å². The van der Waals surface area contributed by atoms with Crippen molar-refractivity contribution in [2.24, 2.45) is 5.92 Å². The largest absolute Gasteiger partial charge is 0.352 e. The summed E-state index contributed by atoms with van der Waals surface area (Å²) in [4.78, 5) is 38.4. The van der Waals surface area contributed by atoms with E-state index in [1.807, 2.05) is 13.8 Å². The monoisotopic (exact) mass is 323 g/mol. The maximum atomic E-state index is 12.7.